The van der Waals surface area contributed by atoms with Crippen molar-refractivity contribution in [3.63, 3.8) is 0 Å². The Bertz CT molecular complexity index is 1110. The lowest BCUT2D eigenvalue weighted by Crippen LogP contribution is -2.63. The Morgan fingerprint density at radius 2 is 1.62 bits per heavy atom. The number of aliphatic hydroxyl groups is 1. The third kappa shape index (κ3) is 5.06. The van der Waals surface area contributed by atoms with Crippen molar-refractivity contribution in [3.8, 4) is 5.75 Å². The Morgan fingerprint density at radius 3 is 2.31 bits per heavy atom. The van der Waals surface area contributed by atoms with Gasteiger partial charge in [0.15, 0.2) is 0 Å². The maximum atomic E-state index is 13.9. The third-order valence-corrected chi connectivity index (χ3v) is 13.8. The predicted molar refractivity (Wildman–Crippen MR) is 172 cm³/mol. The number of methoxy groups -OCH3 is 1. The molecule has 234 valence electrons. The van der Waals surface area contributed by atoms with Crippen molar-refractivity contribution in [1.82, 2.24) is 5.32 Å². The van der Waals surface area contributed by atoms with Gasteiger partial charge in [0.05, 0.1) is 18.6 Å². The van der Waals surface area contributed by atoms with Crippen LogP contribution in [0.4, 0.5) is 0 Å². The molecule has 1 amide bonds. The number of allylic oxidation sites excluding steroid dienone is 1. The van der Waals surface area contributed by atoms with Gasteiger partial charge < -0.3 is 15.2 Å². The molecule has 0 heterocycles. The molecule has 1 aromatic rings. The second-order valence-corrected chi connectivity index (χ2v) is 15.8. The van der Waals surface area contributed by atoms with Crippen LogP contribution in [0, 0.1) is 51.2 Å². The Hall–Kier alpha value is -1.81. The van der Waals surface area contributed by atoms with E-state index in [-0.39, 0.29) is 16.9 Å². The molecule has 0 bridgehead atoms. The summed E-state index contributed by atoms with van der Waals surface area (Å²) in [7, 11) is 1.70. The number of hydrogen-bond acceptors (Lipinski definition) is 3. The Balaban J connectivity index is 0.00000113. The lowest BCUT2D eigenvalue weighted by molar-refractivity contribution is -0.214. The Labute approximate surface area is 256 Å². The summed E-state index contributed by atoms with van der Waals surface area (Å²) in [5.41, 5.74) is 1.84. The largest absolute Gasteiger partial charge is 0.497 e. The van der Waals surface area contributed by atoms with Crippen LogP contribution in [0.15, 0.2) is 36.9 Å². The van der Waals surface area contributed by atoms with E-state index in [9.17, 15) is 9.90 Å². The quantitative estimate of drug-likeness (QED) is 0.346. The third-order valence-electron chi connectivity index (χ3n) is 13.8. The van der Waals surface area contributed by atoms with Gasteiger partial charge in [-0.2, -0.15) is 0 Å². The lowest BCUT2D eigenvalue weighted by atomic mass is 9.36. The fourth-order valence-electron chi connectivity index (χ4n) is 11.9. The molecular formula is C38H59NO3. The molecule has 0 spiro atoms. The average Bonchev–Trinajstić information content (AvgIpc) is 3.42. The van der Waals surface area contributed by atoms with Gasteiger partial charge in [0.1, 0.15) is 5.75 Å². The maximum absolute atomic E-state index is 13.9. The second-order valence-electron chi connectivity index (χ2n) is 15.8. The summed E-state index contributed by atoms with van der Waals surface area (Å²) in [6, 6.07) is 8.22. The first-order valence-electron chi connectivity index (χ1n) is 17.1. The number of carbonyl (C=O) groups excluding carboxylic acids is 1. The molecule has 4 nitrogen and oxygen atoms in total. The number of carbonyl (C=O) groups is 1. The lowest BCUT2D eigenvalue weighted by Gasteiger charge is -2.69. The van der Waals surface area contributed by atoms with Crippen LogP contribution in [-0.2, 0) is 11.2 Å². The highest BCUT2D eigenvalue weighted by Crippen LogP contribution is 2.72. The van der Waals surface area contributed by atoms with Crippen LogP contribution < -0.4 is 10.1 Å². The van der Waals surface area contributed by atoms with E-state index in [1.165, 1.54) is 56.9 Å². The Morgan fingerprint density at radius 1 is 0.929 bits per heavy atom. The van der Waals surface area contributed by atoms with Gasteiger partial charge in [-0.15, -0.1) is 6.58 Å². The van der Waals surface area contributed by atoms with Crippen LogP contribution in [0.2, 0.25) is 0 Å². The summed E-state index contributed by atoms with van der Waals surface area (Å²) in [5, 5.41) is 14.3. The number of rotatable bonds is 5. The summed E-state index contributed by atoms with van der Waals surface area (Å²) < 4.78 is 5.29. The van der Waals surface area contributed by atoms with E-state index in [0.717, 1.165) is 49.8 Å². The summed E-state index contributed by atoms with van der Waals surface area (Å²) in [6.07, 6.45) is 15.7. The van der Waals surface area contributed by atoms with E-state index >= 15 is 0 Å². The molecule has 0 saturated heterocycles. The molecular weight excluding hydrogens is 518 g/mol. The van der Waals surface area contributed by atoms with E-state index < -0.39 is 0 Å². The molecule has 5 saturated carbocycles. The number of hydrogen-bond donors (Lipinski definition) is 2. The molecule has 5 fully saturated rings. The predicted octanol–water partition coefficient (Wildman–Crippen LogP) is 8.37. The normalized spacial score (nSPS) is 41.5. The highest BCUT2D eigenvalue weighted by Gasteiger charge is 2.67. The van der Waals surface area contributed by atoms with Crippen LogP contribution in [0.5, 0.6) is 5.75 Å². The summed E-state index contributed by atoms with van der Waals surface area (Å²) in [6.45, 7) is 15.9. The number of aliphatic hydroxyl groups excluding tert-OH is 1. The monoisotopic (exact) mass is 577 g/mol. The van der Waals surface area contributed by atoms with E-state index in [2.05, 4.69) is 51.7 Å². The van der Waals surface area contributed by atoms with Crippen LogP contribution in [0.25, 0.3) is 0 Å². The van der Waals surface area contributed by atoms with Gasteiger partial charge in [0.2, 0.25) is 5.91 Å². The van der Waals surface area contributed by atoms with Gasteiger partial charge in [-0.05, 0) is 141 Å². The maximum Gasteiger partial charge on any atom is 0.226 e. The van der Waals surface area contributed by atoms with Crippen molar-refractivity contribution in [3.05, 3.63) is 42.5 Å². The summed E-state index contributed by atoms with van der Waals surface area (Å²) in [4.78, 5) is 13.9. The summed E-state index contributed by atoms with van der Waals surface area (Å²) >= 11 is 0. The first-order valence-corrected chi connectivity index (χ1v) is 17.1. The highest BCUT2D eigenvalue weighted by atomic mass is 16.5. The van der Waals surface area contributed by atoms with E-state index in [0.29, 0.717) is 34.5 Å². The minimum Gasteiger partial charge on any atom is -0.497 e. The van der Waals surface area contributed by atoms with Crippen LogP contribution in [0.3, 0.4) is 0 Å². The van der Waals surface area contributed by atoms with Gasteiger partial charge in [0.25, 0.3) is 0 Å². The minimum atomic E-state index is -0.159. The molecule has 5 aliphatic rings. The van der Waals surface area contributed by atoms with Crippen molar-refractivity contribution in [2.24, 2.45) is 51.2 Å². The van der Waals surface area contributed by atoms with Crippen LogP contribution >= 0.6 is 0 Å². The Kier molecular flexibility index (Phi) is 8.99. The number of ether oxygens (including phenoxy) is 1. The molecule has 2 N–H and O–H groups in total. The second kappa shape index (κ2) is 11.9. The fourth-order valence-corrected chi connectivity index (χ4v) is 11.9. The van der Waals surface area contributed by atoms with Crippen LogP contribution in [-0.4, -0.2) is 30.8 Å². The SMILES string of the molecule is C=CC.COc1ccc(CCNC(=O)C23CCCC2C2CCC4C(C)(CCC5C(C)(C)C(O)CCC54C)C2CC3)cc1. The number of fused-ring (bicyclic) bond motifs is 7. The molecule has 9 atom stereocenters. The van der Waals surface area contributed by atoms with Crippen molar-refractivity contribution >= 4 is 5.91 Å². The number of amides is 1. The molecule has 9 unspecified atom stereocenters. The fraction of sp³-hybridized carbons (Fsp3) is 0.763. The zero-order valence-corrected chi connectivity index (χ0v) is 27.5. The highest BCUT2D eigenvalue weighted by molar-refractivity contribution is 5.83. The van der Waals surface area contributed by atoms with Crippen molar-refractivity contribution < 1.29 is 14.6 Å². The molecule has 4 heteroatoms. The standard InChI is InChI=1S/C35H53NO3.C3H6/c1-32(2)28-15-19-33(3)26-14-21-35(31(38)36-22-17-23-8-10-24(39-5)11-9-23)18-6-7-27(35)25(26)12-13-29(33)34(28,4)20-16-30(32)37;1-3-2/h8-11,25-30,37H,6-7,12-22H2,1-5H3,(H,36,38);3H,1H2,2H3. The molecule has 0 aromatic heterocycles. The van der Waals surface area contributed by atoms with Gasteiger partial charge in [-0.25, -0.2) is 0 Å². The van der Waals surface area contributed by atoms with E-state index in [4.69, 9.17) is 4.74 Å². The average molecular weight is 578 g/mol. The van der Waals surface area contributed by atoms with Crippen molar-refractivity contribution in [2.75, 3.05) is 13.7 Å². The number of nitrogens with one attached hydrogen (secondary N) is 1. The molecule has 1 aromatic carbocycles. The van der Waals surface area contributed by atoms with Gasteiger partial charge in [-0.1, -0.05) is 52.3 Å². The smallest absolute Gasteiger partial charge is 0.226 e. The van der Waals surface area contributed by atoms with Gasteiger partial charge in [0, 0.05) is 6.54 Å². The molecule has 5 aliphatic carbocycles. The molecule has 0 radical (unpaired) electrons. The zero-order chi connectivity index (χ0) is 30.3. The van der Waals surface area contributed by atoms with Crippen molar-refractivity contribution in [2.45, 2.75) is 118 Å². The topological polar surface area (TPSA) is 58.6 Å². The molecule has 0 aliphatic heterocycles. The van der Waals surface area contributed by atoms with E-state index in [1.807, 2.05) is 19.1 Å². The number of benzene rings is 1. The van der Waals surface area contributed by atoms with Gasteiger partial charge in [-0.3, -0.25) is 4.79 Å². The molecule has 6 rings (SSSR count). The first kappa shape index (κ1) is 31.6. The van der Waals surface area contributed by atoms with Crippen molar-refractivity contribution in [1.29, 1.82) is 0 Å². The minimum absolute atomic E-state index is 0.0161. The zero-order valence-electron chi connectivity index (χ0n) is 27.5. The van der Waals surface area contributed by atoms with Crippen LogP contribution in [0.1, 0.15) is 111 Å². The first-order chi connectivity index (χ1) is 20.0. The molecule has 42 heavy (non-hydrogen) atoms. The van der Waals surface area contributed by atoms with E-state index in [1.54, 1.807) is 13.2 Å². The summed E-state index contributed by atoms with van der Waals surface area (Å²) in [5.74, 6) is 4.62. The van der Waals surface area contributed by atoms with Gasteiger partial charge >= 0.3 is 0 Å².